The molecule has 0 radical (unpaired) electrons. The minimum Gasteiger partial charge on any atom is -0.394 e. The molecule has 3 aliphatic rings. The van der Waals surface area contributed by atoms with Crippen molar-refractivity contribution in [2.75, 3.05) is 11.9 Å². The van der Waals surface area contributed by atoms with Gasteiger partial charge in [-0.2, -0.15) is 0 Å². The Labute approximate surface area is 244 Å². The molecule has 3 saturated heterocycles. The monoisotopic (exact) mass is 574 g/mol. The first-order chi connectivity index (χ1) is 20.2. The van der Waals surface area contributed by atoms with Crippen LogP contribution >= 0.6 is 0 Å². The molecule has 1 aromatic heterocycles. The number of rotatable bonds is 9. The van der Waals surface area contributed by atoms with Crippen LogP contribution in [0.15, 0.2) is 54.6 Å². The van der Waals surface area contributed by atoms with Gasteiger partial charge in [0.15, 0.2) is 0 Å². The topological polar surface area (TPSA) is 139 Å². The van der Waals surface area contributed by atoms with Crippen LogP contribution in [0.1, 0.15) is 40.5 Å². The standard InChI is InChI=1S/C31H38N6O5/c1-5-18(2)23(16-38)37-26(28(40)32-17-36-22-14-10-9-13-21(22)34-35-36)31-15-19(3)30(4,42-31)24(25(31)29(37)41)27(39)33-20-11-7-6-8-12-20/h6-14,18-19,23-26,38H,5,15-17H2,1-4H3,(H,32,40)(H,33,39)/t18-,19?,23-,24-,25-,26?,30+,31?/m0/s1. The van der Waals surface area contributed by atoms with E-state index in [1.807, 2.05) is 70.2 Å². The number of aliphatic hydroxyl groups excluding tert-OH is 1. The number of para-hydroxylation sites is 2. The number of carbonyl (C=O) groups excluding carboxylic acids is 3. The van der Waals surface area contributed by atoms with Crippen molar-refractivity contribution >= 4 is 34.4 Å². The molecular formula is C31H38N6O5. The largest absolute Gasteiger partial charge is 0.394 e. The minimum absolute atomic E-state index is 0.0382. The Morgan fingerprint density at radius 3 is 2.57 bits per heavy atom. The van der Waals surface area contributed by atoms with E-state index in [0.717, 1.165) is 5.52 Å². The number of ether oxygens (including phenoxy) is 1. The van der Waals surface area contributed by atoms with Gasteiger partial charge in [-0.3, -0.25) is 14.4 Å². The number of hydrogen-bond acceptors (Lipinski definition) is 7. The van der Waals surface area contributed by atoms with Crippen LogP contribution in [0.3, 0.4) is 0 Å². The average Bonchev–Trinajstić information content (AvgIpc) is 3.66. The summed E-state index contributed by atoms with van der Waals surface area (Å²) in [5.41, 5.74) is -0.0824. The molecule has 6 rings (SSSR count). The van der Waals surface area contributed by atoms with Crippen LogP contribution in [0.4, 0.5) is 5.69 Å². The maximum absolute atomic E-state index is 14.5. The number of likely N-dealkylation sites (tertiary alicyclic amines) is 1. The first kappa shape index (κ1) is 28.3. The molecule has 3 N–H and O–H groups in total. The second-order valence-electron chi connectivity index (χ2n) is 12.2. The Morgan fingerprint density at radius 2 is 1.86 bits per heavy atom. The zero-order chi connectivity index (χ0) is 29.8. The van der Waals surface area contributed by atoms with Crippen LogP contribution in [-0.2, 0) is 25.8 Å². The van der Waals surface area contributed by atoms with E-state index in [0.29, 0.717) is 24.0 Å². The Morgan fingerprint density at radius 1 is 1.14 bits per heavy atom. The molecule has 2 bridgehead atoms. The second-order valence-corrected chi connectivity index (χ2v) is 12.2. The van der Waals surface area contributed by atoms with Gasteiger partial charge >= 0.3 is 0 Å². The molecule has 11 heteroatoms. The molecule has 3 fully saturated rings. The summed E-state index contributed by atoms with van der Waals surface area (Å²) in [4.78, 5) is 44.2. The van der Waals surface area contributed by atoms with Crippen molar-refractivity contribution in [2.24, 2.45) is 23.7 Å². The molecule has 222 valence electrons. The Balaban J connectivity index is 1.38. The van der Waals surface area contributed by atoms with Gasteiger partial charge in [0.2, 0.25) is 17.7 Å². The zero-order valence-electron chi connectivity index (χ0n) is 24.4. The summed E-state index contributed by atoms with van der Waals surface area (Å²) in [5, 5.41) is 24.8. The Kier molecular flexibility index (Phi) is 7.05. The lowest BCUT2D eigenvalue weighted by Gasteiger charge is -2.39. The molecule has 0 saturated carbocycles. The van der Waals surface area contributed by atoms with Crippen molar-refractivity contribution in [3.63, 3.8) is 0 Å². The van der Waals surface area contributed by atoms with E-state index in [1.54, 1.807) is 16.8 Å². The van der Waals surface area contributed by atoms with Crippen LogP contribution in [-0.4, -0.2) is 72.6 Å². The molecule has 11 nitrogen and oxygen atoms in total. The highest BCUT2D eigenvalue weighted by atomic mass is 16.5. The van der Waals surface area contributed by atoms with E-state index >= 15 is 0 Å². The second kappa shape index (κ2) is 10.5. The lowest BCUT2D eigenvalue weighted by molar-refractivity contribution is -0.151. The summed E-state index contributed by atoms with van der Waals surface area (Å²) in [6.07, 6.45) is 1.13. The number of anilines is 1. The number of carbonyl (C=O) groups is 3. The van der Waals surface area contributed by atoms with Gasteiger partial charge in [-0.15, -0.1) is 5.10 Å². The van der Waals surface area contributed by atoms with Crippen LogP contribution in [0.5, 0.6) is 0 Å². The smallest absolute Gasteiger partial charge is 0.247 e. The van der Waals surface area contributed by atoms with Gasteiger partial charge in [0, 0.05) is 5.69 Å². The Hall–Kier alpha value is -3.83. The fourth-order valence-electron chi connectivity index (χ4n) is 7.57. The van der Waals surface area contributed by atoms with Crippen molar-refractivity contribution in [2.45, 2.75) is 70.5 Å². The molecule has 1 spiro atoms. The molecular weight excluding hydrogens is 536 g/mol. The van der Waals surface area contributed by atoms with Gasteiger partial charge in [-0.1, -0.05) is 62.7 Å². The summed E-state index contributed by atoms with van der Waals surface area (Å²) in [6, 6.07) is 14.9. The molecule has 3 unspecified atom stereocenters. The predicted octanol–water partition coefficient (Wildman–Crippen LogP) is 2.56. The van der Waals surface area contributed by atoms with E-state index in [-0.39, 0.29) is 36.9 Å². The number of benzene rings is 2. The quantitative estimate of drug-likeness (QED) is 0.357. The summed E-state index contributed by atoms with van der Waals surface area (Å²) >= 11 is 0. The van der Waals surface area contributed by atoms with Gasteiger partial charge in [0.1, 0.15) is 23.8 Å². The number of hydrogen-bond donors (Lipinski definition) is 3. The third-order valence-electron chi connectivity index (χ3n) is 9.99. The number of aromatic nitrogens is 3. The number of nitrogens with zero attached hydrogens (tertiary/aromatic N) is 4. The van der Waals surface area contributed by atoms with E-state index in [1.165, 1.54) is 4.90 Å². The lowest BCUT2D eigenvalue weighted by atomic mass is 9.62. The average molecular weight is 575 g/mol. The molecule has 42 heavy (non-hydrogen) atoms. The zero-order valence-corrected chi connectivity index (χ0v) is 24.4. The molecule has 8 atom stereocenters. The SMILES string of the molecule is CC[C@H](C)[C@H](CO)N1C(=O)[C@@H]2[C@@H](C(=O)Nc3ccccc3)[C@]3(C)OC2(CC3C)C1C(=O)NCn1nnc2ccccc21. The Bertz CT molecular complexity index is 1510. The predicted molar refractivity (Wildman–Crippen MR) is 155 cm³/mol. The minimum atomic E-state index is -1.22. The van der Waals surface area contributed by atoms with Gasteiger partial charge in [-0.25, -0.2) is 4.68 Å². The van der Waals surface area contributed by atoms with Crippen molar-refractivity contribution in [3.8, 4) is 0 Å². The maximum atomic E-state index is 14.5. The van der Waals surface area contributed by atoms with Crippen LogP contribution in [0.25, 0.3) is 11.0 Å². The van der Waals surface area contributed by atoms with Crippen molar-refractivity contribution in [1.82, 2.24) is 25.2 Å². The number of aliphatic hydroxyl groups is 1. The number of fused-ring (bicyclic) bond motifs is 2. The van der Waals surface area contributed by atoms with E-state index in [2.05, 4.69) is 20.9 Å². The molecule has 2 aromatic carbocycles. The van der Waals surface area contributed by atoms with Crippen LogP contribution in [0.2, 0.25) is 0 Å². The normalized spacial score (nSPS) is 31.3. The first-order valence-corrected chi connectivity index (χ1v) is 14.7. The van der Waals surface area contributed by atoms with Gasteiger partial charge in [-0.05, 0) is 49.4 Å². The highest BCUT2D eigenvalue weighted by Gasteiger charge is 2.80. The highest BCUT2D eigenvalue weighted by molar-refractivity contribution is 6.02. The van der Waals surface area contributed by atoms with Crippen molar-refractivity contribution in [3.05, 3.63) is 54.6 Å². The number of amides is 3. The fourth-order valence-corrected chi connectivity index (χ4v) is 7.57. The van der Waals surface area contributed by atoms with Crippen molar-refractivity contribution in [1.29, 1.82) is 0 Å². The lowest BCUT2D eigenvalue weighted by Crippen LogP contribution is -2.59. The summed E-state index contributed by atoms with van der Waals surface area (Å²) in [7, 11) is 0. The van der Waals surface area contributed by atoms with E-state index < -0.39 is 41.0 Å². The molecule has 3 aliphatic heterocycles. The van der Waals surface area contributed by atoms with Gasteiger partial charge in [0.05, 0.1) is 35.6 Å². The van der Waals surface area contributed by atoms with Crippen LogP contribution in [0, 0.1) is 23.7 Å². The van der Waals surface area contributed by atoms with Crippen LogP contribution < -0.4 is 10.6 Å². The number of nitrogens with one attached hydrogen (secondary N) is 2. The summed E-state index contributed by atoms with van der Waals surface area (Å²) < 4.78 is 8.40. The van der Waals surface area contributed by atoms with Gasteiger partial charge in [0.25, 0.3) is 0 Å². The molecule has 0 aliphatic carbocycles. The fraction of sp³-hybridized carbons (Fsp3) is 0.516. The molecule has 3 aromatic rings. The highest BCUT2D eigenvalue weighted by Crippen LogP contribution is 2.65. The third-order valence-corrected chi connectivity index (χ3v) is 9.99. The van der Waals surface area contributed by atoms with E-state index in [9.17, 15) is 19.5 Å². The third kappa shape index (κ3) is 4.12. The maximum Gasteiger partial charge on any atom is 0.247 e. The van der Waals surface area contributed by atoms with Gasteiger partial charge < -0.3 is 25.4 Å². The summed E-state index contributed by atoms with van der Waals surface area (Å²) in [6.45, 7) is 7.56. The summed E-state index contributed by atoms with van der Waals surface area (Å²) in [5.74, 6) is -2.93. The molecule has 3 amide bonds. The van der Waals surface area contributed by atoms with E-state index in [4.69, 9.17) is 4.74 Å². The van der Waals surface area contributed by atoms with Crippen molar-refractivity contribution < 1.29 is 24.2 Å². The molecule has 4 heterocycles. The first-order valence-electron chi connectivity index (χ1n) is 14.7.